The van der Waals surface area contributed by atoms with Gasteiger partial charge in [-0.15, -0.1) is 0 Å². The number of piperidine rings is 1. The van der Waals surface area contributed by atoms with E-state index in [9.17, 15) is 14.9 Å². The van der Waals surface area contributed by atoms with Gasteiger partial charge >= 0.3 is 5.97 Å². The Kier molecular flexibility index (Phi) is 8.13. The molecule has 2 aromatic rings. The summed E-state index contributed by atoms with van der Waals surface area (Å²) in [4.78, 5) is 39.8. The number of Topliss-reactive ketones (excluding diaryl/α,β-unsaturated/α-hetero) is 1. The SMILES string of the molecule is CCOC(=O)c1sc(N2CCOCC2)nc1C(C#N)Cc1nc(N2CCCCC2)sc1C(C)=O. The maximum atomic E-state index is 12.7. The zero-order valence-electron chi connectivity index (χ0n) is 19.5. The van der Waals surface area contributed by atoms with Gasteiger partial charge in [0.15, 0.2) is 16.0 Å². The molecule has 4 rings (SSSR count). The number of ether oxygens (including phenoxy) is 2. The highest BCUT2D eigenvalue weighted by atomic mass is 32.1. The van der Waals surface area contributed by atoms with Crippen LogP contribution in [0, 0.1) is 11.3 Å². The van der Waals surface area contributed by atoms with Crippen molar-refractivity contribution in [3.05, 3.63) is 21.1 Å². The molecule has 0 saturated carbocycles. The van der Waals surface area contributed by atoms with Crippen molar-refractivity contribution in [1.29, 1.82) is 5.26 Å². The summed E-state index contributed by atoms with van der Waals surface area (Å²) in [5.74, 6) is -1.26. The van der Waals surface area contributed by atoms with Gasteiger partial charge in [0.25, 0.3) is 0 Å². The van der Waals surface area contributed by atoms with Gasteiger partial charge in [0.05, 0.1) is 48.1 Å². The predicted octanol–water partition coefficient (Wildman–Crippen LogP) is 3.66. The first-order valence-corrected chi connectivity index (χ1v) is 13.3. The second-order valence-corrected chi connectivity index (χ2v) is 10.2. The first-order valence-electron chi connectivity index (χ1n) is 11.7. The van der Waals surface area contributed by atoms with E-state index < -0.39 is 11.9 Å². The van der Waals surface area contributed by atoms with Gasteiger partial charge in [-0.3, -0.25) is 4.79 Å². The van der Waals surface area contributed by atoms with Crippen LogP contribution in [0.2, 0.25) is 0 Å². The lowest BCUT2D eigenvalue weighted by Gasteiger charge is -2.26. The topological polar surface area (TPSA) is 109 Å². The van der Waals surface area contributed by atoms with Crippen LogP contribution in [0.15, 0.2) is 0 Å². The molecule has 1 atom stereocenters. The van der Waals surface area contributed by atoms with Crippen molar-refractivity contribution in [2.45, 2.75) is 45.4 Å². The number of anilines is 2. The summed E-state index contributed by atoms with van der Waals surface area (Å²) in [5, 5.41) is 11.6. The average Bonchev–Trinajstić information content (AvgIpc) is 3.49. The fraction of sp³-hybridized carbons (Fsp3) is 0.609. The number of rotatable bonds is 8. The maximum Gasteiger partial charge on any atom is 0.350 e. The molecule has 0 spiro atoms. The van der Waals surface area contributed by atoms with Crippen LogP contribution in [0.25, 0.3) is 0 Å². The predicted molar refractivity (Wildman–Crippen MR) is 131 cm³/mol. The summed E-state index contributed by atoms with van der Waals surface area (Å²) in [6, 6.07) is 2.31. The lowest BCUT2D eigenvalue weighted by atomic mass is 9.99. The third-order valence-corrected chi connectivity index (χ3v) is 8.27. The van der Waals surface area contributed by atoms with Crippen LogP contribution in [-0.2, 0) is 15.9 Å². The number of hydrogen-bond acceptors (Lipinski definition) is 11. The van der Waals surface area contributed by atoms with Gasteiger partial charge in [-0.2, -0.15) is 5.26 Å². The van der Waals surface area contributed by atoms with Crippen molar-refractivity contribution in [2.75, 3.05) is 55.8 Å². The molecule has 2 fully saturated rings. The van der Waals surface area contributed by atoms with E-state index in [2.05, 4.69) is 15.9 Å². The molecule has 182 valence electrons. The number of nitrogens with zero attached hydrogens (tertiary/aromatic N) is 5. The molecule has 4 heterocycles. The van der Waals surface area contributed by atoms with E-state index in [1.54, 1.807) is 6.92 Å². The fourth-order valence-electron chi connectivity index (χ4n) is 4.16. The molecule has 2 aromatic heterocycles. The minimum absolute atomic E-state index is 0.0645. The van der Waals surface area contributed by atoms with Crippen LogP contribution < -0.4 is 9.80 Å². The first-order chi connectivity index (χ1) is 16.5. The second kappa shape index (κ2) is 11.3. The van der Waals surface area contributed by atoms with E-state index >= 15 is 0 Å². The third-order valence-electron chi connectivity index (χ3n) is 5.90. The molecule has 0 aliphatic carbocycles. The van der Waals surface area contributed by atoms with Crippen LogP contribution in [0.4, 0.5) is 10.3 Å². The molecule has 2 saturated heterocycles. The highest BCUT2D eigenvalue weighted by molar-refractivity contribution is 7.18. The Morgan fingerprint density at radius 1 is 1.06 bits per heavy atom. The van der Waals surface area contributed by atoms with Crippen molar-refractivity contribution >= 4 is 44.7 Å². The van der Waals surface area contributed by atoms with Gasteiger partial charge < -0.3 is 19.3 Å². The van der Waals surface area contributed by atoms with Gasteiger partial charge in [-0.05, 0) is 26.2 Å². The normalized spacial score (nSPS) is 17.3. The molecular weight excluding hydrogens is 474 g/mol. The fourth-order valence-corrected chi connectivity index (χ4v) is 6.27. The van der Waals surface area contributed by atoms with E-state index in [0.717, 1.165) is 31.1 Å². The monoisotopic (exact) mass is 503 g/mol. The smallest absolute Gasteiger partial charge is 0.350 e. The minimum Gasteiger partial charge on any atom is -0.462 e. The van der Waals surface area contributed by atoms with E-state index in [1.165, 1.54) is 36.0 Å². The number of thiazole rings is 2. The van der Waals surface area contributed by atoms with Crippen LogP contribution in [0.3, 0.4) is 0 Å². The molecule has 2 aliphatic heterocycles. The quantitative estimate of drug-likeness (QED) is 0.394. The van der Waals surface area contributed by atoms with E-state index in [4.69, 9.17) is 19.4 Å². The maximum absolute atomic E-state index is 12.7. The Morgan fingerprint density at radius 2 is 1.71 bits per heavy atom. The Hall–Kier alpha value is -2.55. The van der Waals surface area contributed by atoms with Crippen molar-refractivity contribution < 1.29 is 19.1 Å². The molecule has 2 aliphatic rings. The Morgan fingerprint density at radius 3 is 2.35 bits per heavy atom. The summed E-state index contributed by atoms with van der Waals surface area (Å²) in [5.41, 5.74) is 0.995. The van der Waals surface area contributed by atoms with E-state index in [-0.39, 0.29) is 18.8 Å². The average molecular weight is 504 g/mol. The van der Waals surface area contributed by atoms with Crippen LogP contribution in [0.5, 0.6) is 0 Å². The molecule has 0 bridgehead atoms. The van der Waals surface area contributed by atoms with Gasteiger partial charge in [-0.1, -0.05) is 22.7 Å². The number of hydrogen-bond donors (Lipinski definition) is 0. The molecule has 34 heavy (non-hydrogen) atoms. The van der Waals surface area contributed by atoms with Crippen molar-refractivity contribution in [1.82, 2.24) is 9.97 Å². The van der Waals surface area contributed by atoms with Crippen LogP contribution in [0.1, 0.15) is 69.8 Å². The summed E-state index contributed by atoms with van der Waals surface area (Å²) < 4.78 is 10.7. The van der Waals surface area contributed by atoms with Gasteiger partial charge in [0.2, 0.25) is 0 Å². The highest BCUT2D eigenvalue weighted by Gasteiger charge is 2.30. The Bertz CT molecular complexity index is 1060. The number of morpholine rings is 1. The molecule has 9 nitrogen and oxygen atoms in total. The Labute approximate surface area is 207 Å². The first kappa shape index (κ1) is 24.6. The largest absolute Gasteiger partial charge is 0.462 e. The molecule has 11 heteroatoms. The lowest BCUT2D eigenvalue weighted by molar-refractivity contribution is 0.0530. The zero-order valence-corrected chi connectivity index (χ0v) is 21.2. The molecule has 0 aromatic carbocycles. The van der Waals surface area contributed by atoms with Crippen molar-refractivity contribution in [2.24, 2.45) is 0 Å². The van der Waals surface area contributed by atoms with E-state index in [1.807, 2.05) is 0 Å². The summed E-state index contributed by atoms with van der Waals surface area (Å²) >= 11 is 2.64. The van der Waals surface area contributed by atoms with Gasteiger partial charge in [-0.25, -0.2) is 14.8 Å². The van der Waals surface area contributed by atoms with Gasteiger partial charge in [0.1, 0.15) is 4.88 Å². The van der Waals surface area contributed by atoms with Crippen molar-refractivity contribution in [3.63, 3.8) is 0 Å². The minimum atomic E-state index is -0.722. The molecule has 0 amide bonds. The summed E-state index contributed by atoms with van der Waals surface area (Å²) in [6.45, 7) is 7.89. The second-order valence-electron chi connectivity index (χ2n) is 8.29. The van der Waals surface area contributed by atoms with Crippen LogP contribution in [-0.4, -0.2) is 67.7 Å². The standard InChI is InChI=1S/C23H29N5O4S2/c1-3-32-21(30)20-18(26-23(34-20)28-9-11-31-12-10-28)16(14-24)13-17-19(15(2)29)33-22(25-17)27-7-5-4-6-8-27/h16H,3-13H2,1-2H3. The summed E-state index contributed by atoms with van der Waals surface area (Å²) in [6.07, 6.45) is 3.64. The van der Waals surface area contributed by atoms with Crippen molar-refractivity contribution in [3.8, 4) is 6.07 Å². The molecular formula is C23H29N5O4S2. The third kappa shape index (κ3) is 5.40. The molecule has 0 radical (unpaired) electrons. The number of carbonyl (C=O) groups excluding carboxylic acids is 2. The lowest BCUT2D eigenvalue weighted by Crippen LogP contribution is -2.36. The van der Waals surface area contributed by atoms with Crippen LogP contribution >= 0.6 is 22.7 Å². The molecule has 1 unspecified atom stereocenters. The molecule has 0 N–H and O–H groups in total. The zero-order chi connectivity index (χ0) is 24.1. The van der Waals surface area contributed by atoms with E-state index in [0.29, 0.717) is 52.6 Å². The number of aromatic nitrogens is 2. The number of esters is 1. The highest BCUT2D eigenvalue weighted by Crippen LogP contribution is 2.36. The number of carbonyl (C=O) groups is 2. The number of ketones is 1. The summed E-state index contributed by atoms with van der Waals surface area (Å²) in [7, 11) is 0. The number of nitriles is 1. The van der Waals surface area contributed by atoms with Gasteiger partial charge in [0, 0.05) is 39.5 Å². The Balaban J connectivity index is 1.66.